The van der Waals surface area contributed by atoms with E-state index in [-0.39, 0.29) is 5.91 Å². The first-order valence-corrected chi connectivity index (χ1v) is 14.4. The number of amides is 1. The van der Waals surface area contributed by atoms with Crippen molar-refractivity contribution in [2.24, 2.45) is 0 Å². The molecule has 0 radical (unpaired) electrons. The van der Waals surface area contributed by atoms with Crippen molar-refractivity contribution in [3.8, 4) is 0 Å². The fraction of sp³-hybridized carbons (Fsp3) is 0.321. The Morgan fingerprint density at radius 2 is 1.46 bits per heavy atom. The first-order valence-electron chi connectivity index (χ1n) is 12.6. The highest BCUT2D eigenvalue weighted by molar-refractivity contribution is 7.89. The highest BCUT2D eigenvalue weighted by Crippen LogP contribution is 2.22. The van der Waals surface area contributed by atoms with Gasteiger partial charge in [0.05, 0.1) is 4.90 Å². The van der Waals surface area contributed by atoms with Crippen LogP contribution < -0.4 is 4.90 Å². The van der Waals surface area contributed by atoms with E-state index in [1.165, 1.54) is 0 Å². The number of anilines is 1. The second kappa shape index (κ2) is 11.2. The molecule has 37 heavy (non-hydrogen) atoms. The maximum absolute atomic E-state index is 13.2. The van der Waals surface area contributed by atoms with Crippen molar-refractivity contribution >= 4 is 33.2 Å². The molecular formula is C28H31ClN4O3S. The lowest BCUT2D eigenvalue weighted by molar-refractivity contribution is 0.0746. The highest BCUT2D eigenvalue weighted by Gasteiger charge is 2.28. The number of carbonyl (C=O) groups is 1. The minimum absolute atomic E-state index is 0.0476. The van der Waals surface area contributed by atoms with Crippen LogP contribution in [0.15, 0.2) is 83.8 Å². The average molecular weight is 539 g/mol. The number of halogens is 1. The van der Waals surface area contributed by atoms with Crippen molar-refractivity contribution < 1.29 is 13.2 Å². The van der Waals surface area contributed by atoms with Gasteiger partial charge in [0.1, 0.15) is 0 Å². The molecule has 2 saturated heterocycles. The molecule has 0 aliphatic carbocycles. The topological polar surface area (TPSA) is 64.2 Å². The Bertz CT molecular complexity index is 1340. The molecule has 0 atom stereocenters. The van der Waals surface area contributed by atoms with Gasteiger partial charge < -0.3 is 9.80 Å². The highest BCUT2D eigenvalue weighted by atomic mass is 35.5. The Labute approximate surface area is 223 Å². The van der Waals surface area contributed by atoms with Gasteiger partial charge in [-0.1, -0.05) is 48.0 Å². The van der Waals surface area contributed by atoms with Gasteiger partial charge in [0.25, 0.3) is 5.91 Å². The number of benzene rings is 3. The smallest absolute Gasteiger partial charge is 0.253 e. The van der Waals surface area contributed by atoms with Crippen LogP contribution in [0.1, 0.15) is 15.9 Å². The molecule has 0 saturated carbocycles. The van der Waals surface area contributed by atoms with E-state index in [1.807, 2.05) is 59.5 Å². The van der Waals surface area contributed by atoms with Gasteiger partial charge in [-0.2, -0.15) is 4.31 Å². The Kier molecular flexibility index (Phi) is 7.81. The molecule has 0 unspecified atom stereocenters. The summed E-state index contributed by atoms with van der Waals surface area (Å²) in [5.74, 6) is 0.0476. The zero-order chi connectivity index (χ0) is 25.8. The molecule has 3 aromatic carbocycles. The molecule has 1 amide bonds. The van der Waals surface area contributed by atoms with Crippen molar-refractivity contribution in [2.75, 3.05) is 57.3 Å². The van der Waals surface area contributed by atoms with Gasteiger partial charge in [-0.3, -0.25) is 9.69 Å². The zero-order valence-electron chi connectivity index (χ0n) is 20.7. The number of nitrogens with zero attached hydrogens (tertiary/aromatic N) is 4. The largest absolute Gasteiger partial charge is 0.368 e. The predicted octanol–water partition coefficient (Wildman–Crippen LogP) is 3.81. The van der Waals surface area contributed by atoms with E-state index in [9.17, 15) is 13.2 Å². The third kappa shape index (κ3) is 5.99. The molecule has 3 aromatic rings. The summed E-state index contributed by atoms with van der Waals surface area (Å²) >= 11 is 6.14. The maximum atomic E-state index is 13.2. The van der Waals surface area contributed by atoms with Gasteiger partial charge >= 0.3 is 0 Å². The third-order valence-corrected chi connectivity index (χ3v) is 9.18. The SMILES string of the molecule is O=C(c1cccc(CN2CCN(S(=O)(=O)c3ccccc3)CC2)c1)N1CCN(c2cccc(Cl)c2)CC1. The fourth-order valence-corrected chi connectivity index (χ4v) is 6.58. The molecule has 0 aromatic heterocycles. The summed E-state index contributed by atoms with van der Waals surface area (Å²) in [6.45, 7) is 5.73. The summed E-state index contributed by atoms with van der Waals surface area (Å²) in [4.78, 5) is 20.0. The monoisotopic (exact) mass is 538 g/mol. The van der Waals surface area contributed by atoms with Crippen molar-refractivity contribution in [1.29, 1.82) is 0 Å². The van der Waals surface area contributed by atoms with Crippen molar-refractivity contribution in [3.63, 3.8) is 0 Å². The molecular weight excluding hydrogens is 508 g/mol. The van der Waals surface area contributed by atoms with E-state index in [1.54, 1.807) is 28.6 Å². The van der Waals surface area contributed by atoms with Crippen LogP contribution in [0.5, 0.6) is 0 Å². The van der Waals surface area contributed by atoms with Crippen molar-refractivity contribution in [1.82, 2.24) is 14.1 Å². The number of hydrogen-bond acceptors (Lipinski definition) is 5. The lowest BCUT2D eigenvalue weighted by atomic mass is 10.1. The number of piperazine rings is 2. The van der Waals surface area contributed by atoms with Crippen molar-refractivity contribution in [3.05, 3.63) is 95.0 Å². The second-order valence-corrected chi connectivity index (χ2v) is 11.8. The van der Waals surface area contributed by atoms with Crippen LogP contribution in [0.4, 0.5) is 5.69 Å². The maximum Gasteiger partial charge on any atom is 0.253 e. The molecule has 2 heterocycles. The van der Waals surface area contributed by atoms with Crippen molar-refractivity contribution in [2.45, 2.75) is 11.4 Å². The molecule has 2 aliphatic rings. The van der Waals surface area contributed by atoms with Crippen LogP contribution in [0.2, 0.25) is 5.02 Å². The van der Waals surface area contributed by atoms with Gasteiger partial charge in [-0.15, -0.1) is 0 Å². The van der Waals surface area contributed by atoms with Crippen LogP contribution >= 0.6 is 11.6 Å². The second-order valence-electron chi connectivity index (χ2n) is 9.45. The van der Waals surface area contributed by atoms with Crippen LogP contribution in [-0.4, -0.2) is 80.8 Å². The van der Waals surface area contributed by atoms with Gasteiger partial charge in [0.2, 0.25) is 10.0 Å². The number of sulfonamides is 1. The first kappa shape index (κ1) is 25.7. The van der Waals surface area contributed by atoms with Crippen LogP contribution in [-0.2, 0) is 16.6 Å². The molecule has 9 heteroatoms. The Hall–Kier alpha value is -2.91. The summed E-state index contributed by atoms with van der Waals surface area (Å²) in [5.41, 5.74) is 2.83. The van der Waals surface area contributed by atoms with Crippen LogP contribution in [0.25, 0.3) is 0 Å². The number of hydrogen-bond donors (Lipinski definition) is 0. The Morgan fingerprint density at radius 1 is 0.757 bits per heavy atom. The average Bonchev–Trinajstić information content (AvgIpc) is 2.94. The summed E-state index contributed by atoms with van der Waals surface area (Å²) in [6.07, 6.45) is 0. The predicted molar refractivity (Wildman–Crippen MR) is 146 cm³/mol. The lowest BCUT2D eigenvalue weighted by Gasteiger charge is -2.36. The van der Waals surface area contributed by atoms with E-state index >= 15 is 0 Å². The van der Waals surface area contributed by atoms with E-state index < -0.39 is 10.0 Å². The molecule has 0 spiro atoms. The molecule has 194 valence electrons. The minimum Gasteiger partial charge on any atom is -0.368 e. The van der Waals surface area contributed by atoms with E-state index in [0.29, 0.717) is 61.3 Å². The fourth-order valence-electron chi connectivity index (χ4n) is 4.95. The van der Waals surface area contributed by atoms with Gasteiger partial charge in [0, 0.05) is 75.2 Å². The van der Waals surface area contributed by atoms with Crippen LogP contribution in [0.3, 0.4) is 0 Å². The molecule has 2 fully saturated rings. The van der Waals surface area contributed by atoms with E-state index in [0.717, 1.165) is 24.3 Å². The number of rotatable bonds is 6. The van der Waals surface area contributed by atoms with Gasteiger partial charge in [-0.25, -0.2) is 8.42 Å². The quantitative estimate of drug-likeness (QED) is 0.477. The zero-order valence-corrected chi connectivity index (χ0v) is 22.2. The Morgan fingerprint density at radius 3 is 2.16 bits per heavy atom. The lowest BCUT2D eigenvalue weighted by Crippen LogP contribution is -2.49. The standard InChI is InChI=1S/C28H31ClN4O3S/c29-25-8-5-9-26(21-25)31-14-16-32(17-15-31)28(34)24-7-4-6-23(20-24)22-30-12-18-33(19-13-30)37(35,36)27-10-2-1-3-11-27/h1-11,20-21H,12-19,22H2. The summed E-state index contributed by atoms with van der Waals surface area (Å²) in [5, 5.41) is 0.715. The van der Waals surface area contributed by atoms with Gasteiger partial charge in [0.15, 0.2) is 0 Å². The summed E-state index contributed by atoms with van der Waals surface area (Å²) in [7, 11) is -3.47. The summed E-state index contributed by atoms with van der Waals surface area (Å²) in [6, 6.07) is 24.2. The molecule has 0 bridgehead atoms. The third-order valence-electron chi connectivity index (χ3n) is 7.03. The summed E-state index contributed by atoms with van der Waals surface area (Å²) < 4.78 is 27.3. The molecule has 5 rings (SSSR count). The first-order chi connectivity index (χ1) is 17.9. The molecule has 2 aliphatic heterocycles. The minimum atomic E-state index is -3.47. The normalized spacial score (nSPS) is 17.6. The molecule has 7 nitrogen and oxygen atoms in total. The van der Waals surface area contributed by atoms with E-state index in [4.69, 9.17) is 11.6 Å². The van der Waals surface area contributed by atoms with E-state index in [2.05, 4.69) is 9.80 Å². The van der Waals surface area contributed by atoms with Crippen LogP contribution in [0, 0.1) is 0 Å². The number of carbonyl (C=O) groups excluding carboxylic acids is 1. The Balaban J connectivity index is 1.15. The van der Waals surface area contributed by atoms with Gasteiger partial charge in [-0.05, 0) is 48.0 Å². The molecule has 0 N–H and O–H groups in total.